The first kappa shape index (κ1) is 54.1. The van der Waals surface area contributed by atoms with E-state index in [-0.39, 0.29) is 34.1 Å². The van der Waals surface area contributed by atoms with Gasteiger partial charge in [0.15, 0.2) is 23.0 Å². The van der Waals surface area contributed by atoms with Crippen molar-refractivity contribution in [2.45, 2.75) is 149 Å². The molecule has 6 rings (SSSR count). The van der Waals surface area contributed by atoms with Gasteiger partial charge in [-0.2, -0.15) is 0 Å². The molecule has 2 aromatic rings. The molecule has 2 unspecified atom stereocenters. The van der Waals surface area contributed by atoms with Crippen molar-refractivity contribution >= 4 is 0 Å². The minimum atomic E-state index is -1.93. The van der Waals surface area contributed by atoms with Gasteiger partial charge in [-0.1, -0.05) is 26.0 Å². The number of ether oxygens (including phenoxy) is 8. The average Bonchev–Trinajstić information content (AvgIpc) is 3.34. The Morgan fingerprint density at radius 2 is 0.603 bits per heavy atom. The Morgan fingerprint density at radius 1 is 0.368 bits per heavy atom. The Morgan fingerprint density at radius 3 is 0.838 bits per heavy atom. The monoisotopic (exact) mass is 982 g/mol. The van der Waals surface area contributed by atoms with Crippen molar-refractivity contribution in [3.8, 4) is 23.0 Å². The molecule has 0 amide bonds. The van der Waals surface area contributed by atoms with E-state index in [1.54, 1.807) is 13.8 Å². The lowest BCUT2D eigenvalue weighted by molar-refractivity contribution is -0.282. The molecule has 0 aliphatic carbocycles. The van der Waals surface area contributed by atoms with Gasteiger partial charge in [0.25, 0.3) is 0 Å². The van der Waals surface area contributed by atoms with Crippen LogP contribution in [0.5, 0.6) is 23.0 Å². The van der Waals surface area contributed by atoms with Crippen LogP contribution in [0, 0.1) is 11.8 Å². The first-order chi connectivity index (χ1) is 32.2. The van der Waals surface area contributed by atoms with Crippen molar-refractivity contribution in [1.29, 1.82) is 0 Å². The van der Waals surface area contributed by atoms with Gasteiger partial charge in [0.05, 0.1) is 38.6 Å². The molecule has 26 heteroatoms. The third kappa shape index (κ3) is 11.1. The van der Waals surface area contributed by atoms with Crippen LogP contribution in [-0.2, 0) is 18.9 Å². The molecule has 4 aliphatic rings. The lowest BCUT2D eigenvalue weighted by atomic mass is 9.81. The topological polar surface area (TPSA) is 438 Å². The Hall–Kier alpha value is -3.24. The summed E-state index contributed by atoms with van der Waals surface area (Å²) in [5.41, 5.74) is 0.124. The molecule has 2 aromatic carbocycles. The highest BCUT2D eigenvalue weighted by Crippen LogP contribution is 2.43. The minimum absolute atomic E-state index is 0.0622. The quantitative estimate of drug-likeness (QED) is 0.0700. The van der Waals surface area contributed by atoms with E-state index in [1.165, 1.54) is 36.4 Å². The van der Waals surface area contributed by atoms with Crippen molar-refractivity contribution < 1.29 is 130 Å². The van der Waals surface area contributed by atoms with Crippen LogP contribution in [0.1, 0.15) is 37.2 Å². The van der Waals surface area contributed by atoms with Crippen molar-refractivity contribution in [1.82, 2.24) is 0 Å². The predicted octanol–water partition coefficient (Wildman–Crippen LogP) is -7.56. The summed E-state index contributed by atoms with van der Waals surface area (Å²) in [7, 11) is 0. The molecule has 0 aromatic heterocycles. The van der Waals surface area contributed by atoms with Crippen LogP contribution in [0.4, 0.5) is 0 Å². The van der Waals surface area contributed by atoms with E-state index in [1.807, 2.05) is 0 Å². The van der Waals surface area contributed by atoms with E-state index in [9.17, 15) is 91.9 Å². The number of benzene rings is 2. The highest BCUT2D eigenvalue weighted by Gasteiger charge is 2.49. The van der Waals surface area contributed by atoms with Gasteiger partial charge >= 0.3 is 0 Å². The molecule has 4 fully saturated rings. The molecule has 26 nitrogen and oxygen atoms in total. The van der Waals surface area contributed by atoms with Crippen LogP contribution in [0.2, 0.25) is 0 Å². The summed E-state index contributed by atoms with van der Waals surface area (Å²) in [6, 6.07) is 7.47. The van der Waals surface area contributed by atoms with E-state index in [4.69, 9.17) is 37.9 Å². The normalized spacial score (nSPS) is 40.7. The van der Waals surface area contributed by atoms with E-state index in [0.29, 0.717) is 0 Å². The van der Waals surface area contributed by atoms with Gasteiger partial charge in [-0.25, -0.2) is 0 Å². The molecule has 68 heavy (non-hydrogen) atoms. The summed E-state index contributed by atoms with van der Waals surface area (Å²) in [4.78, 5) is 0. The second-order valence-electron chi connectivity index (χ2n) is 17.3. The number of hydrogen-bond acceptors (Lipinski definition) is 26. The molecule has 4 saturated heterocycles. The van der Waals surface area contributed by atoms with Crippen LogP contribution in [-0.4, -0.2) is 241 Å². The standard InChI is InChI=1S/C42H62O26/c1-13(25(47)15-3-5-17(61-39-35(57)31(53)27(49)21(9-43)65-39)19(7-15)63-41-37(59)33(55)29(51)23(11-45)67-41)14(2)26(48)16-4-6-18(62-40-36(58)32(54)28(50)22(10-44)66-40)20(8-16)64-42-38(60)34(56)30(52)24(12-46)68-42/h3-8,13-14,21-60H,9-12H2,1-2H3/t13-,14+,21-,22-,23-,24-,25?,26?,27-,28-,29-,30-,31+,32+,33+,34+,35-,36-,37-,38-,39-,40-,41-,42-/m1/s1. The molecule has 18 N–H and O–H groups in total. The van der Waals surface area contributed by atoms with Crippen LogP contribution < -0.4 is 18.9 Å². The molecule has 4 heterocycles. The summed E-state index contributed by atoms with van der Waals surface area (Å²) < 4.78 is 45.3. The molecule has 0 bridgehead atoms. The molecule has 0 saturated carbocycles. The number of rotatable bonds is 17. The zero-order chi connectivity index (χ0) is 50.0. The molecule has 0 radical (unpaired) electrons. The van der Waals surface area contributed by atoms with Gasteiger partial charge in [-0.15, -0.1) is 0 Å². The SMILES string of the molecule is C[C@H](C(O)c1ccc(O[C@@H]2O[C@H](CO)[C@@H](O)[C@H](O)[C@H]2O)c(O[C@@H]2O[C@H](CO)[C@@H](O)[C@H](O)[C@H]2O)c1)[C@@H](C)C(O)c1ccc(O[C@@H]2O[C@H](CO)[C@@H](O)[C@H](O)[C@H]2O)c(O[C@@H]2O[C@H](CO)[C@@H](O)[C@H](O)[C@H]2O)c1. The van der Waals surface area contributed by atoms with E-state index in [0.717, 1.165) is 0 Å². The van der Waals surface area contributed by atoms with Crippen molar-refractivity contribution in [3.05, 3.63) is 47.5 Å². The minimum Gasteiger partial charge on any atom is -0.458 e. The first-order valence-electron chi connectivity index (χ1n) is 21.7. The zero-order valence-corrected chi connectivity index (χ0v) is 36.5. The van der Waals surface area contributed by atoms with E-state index in [2.05, 4.69) is 0 Å². The van der Waals surface area contributed by atoms with Crippen molar-refractivity contribution in [2.75, 3.05) is 26.4 Å². The molecule has 386 valence electrons. The second-order valence-corrected chi connectivity index (χ2v) is 17.3. The maximum absolute atomic E-state index is 11.8. The summed E-state index contributed by atoms with van der Waals surface area (Å²) >= 11 is 0. The Labute approximate surface area is 387 Å². The lowest BCUT2D eigenvalue weighted by Gasteiger charge is -2.41. The van der Waals surface area contributed by atoms with Gasteiger partial charge in [0.2, 0.25) is 25.2 Å². The van der Waals surface area contributed by atoms with Gasteiger partial charge in [0.1, 0.15) is 97.7 Å². The molecular weight excluding hydrogens is 920 g/mol. The fourth-order valence-corrected chi connectivity index (χ4v) is 8.14. The van der Waals surface area contributed by atoms with Crippen LogP contribution in [0.25, 0.3) is 0 Å². The number of aliphatic hydroxyl groups is 18. The maximum atomic E-state index is 11.8. The largest absolute Gasteiger partial charge is 0.458 e. The Kier molecular flexibility index (Phi) is 18.2. The summed E-state index contributed by atoms with van der Waals surface area (Å²) in [6.07, 6.45) is -37.8. The summed E-state index contributed by atoms with van der Waals surface area (Å²) in [6.45, 7) is -0.110. The van der Waals surface area contributed by atoms with E-state index >= 15 is 0 Å². The predicted molar refractivity (Wildman–Crippen MR) is 219 cm³/mol. The molecule has 0 spiro atoms. The third-order valence-corrected chi connectivity index (χ3v) is 12.8. The smallest absolute Gasteiger partial charge is 0.229 e. The summed E-state index contributed by atoms with van der Waals surface area (Å²) in [5, 5.41) is 188. The molecule has 4 aliphatic heterocycles. The highest BCUT2D eigenvalue weighted by atomic mass is 16.7. The van der Waals surface area contributed by atoms with Gasteiger partial charge in [-0.05, 0) is 47.2 Å². The van der Waals surface area contributed by atoms with Crippen LogP contribution >= 0.6 is 0 Å². The van der Waals surface area contributed by atoms with Crippen LogP contribution in [0.15, 0.2) is 36.4 Å². The second kappa shape index (κ2) is 22.9. The lowest BCUT2D eigenvalue weighted by Crippen LogP contribution is -2.60. The Bertz CT molecular complexity index is 1770. The van der Waals surface area contributed by atoms with Crippen molar-refractivity contribution in [3.63, 3.8) is 0 Å². The van der Waals surface area contributed by atoms with Gasteiger partial charge in [0, 0.05) is 0 Å². The first-order valence-corrected chi connectivity index (χ1v) is 21.7. The summed E-state index contributed by atoms with van der Waals surface area (Å²) in [5.74, 6) is -3.15. The van der Waals surface area contributed by atoms with Crippen LogP contribution in [0.3, 0.4) is 0 Å². The maximum Gasteiger partial charge on any atom is 0.229 e. The van der Waals surface area contributed by atoms with Gasteiger partial charge in [-0.3, -0.25) is 0 Å². The number of hydrogen-bond donors (Lipinski definition) is 18. The number of aliphatic hydroxyl groups excluding tert-OH is 18. The fraction of sp³-hybridized carbons (Fsp3) is 0.714. The molecular formula is C42H62O26. The fourth-order valence-electron chi connectivity index (χ4n) is 8.14. The zero-order valence-electron chi connectivity index (χ0n) is 36.5. The highest BCUT2D eigenvalue weighted by molar-refractivity contribution is 5.45. The Balaban J connectivity index is 1.29. The average molecular weight is 983 g/mol. The molecule has 24 atom stereocenters. The van der Waals surface area contributed by atoms with Gasteiger partial charge < -0.3 is 130 Å². The third-order valence-electron chi connectivity index (χ3n) is 12.8. The van der Waals surface area contributed by atoms with Crippen molar-refractivity contribution in [2.24, 2.45) is 11.8 Å². The van der Waals surface area contributed by atoms with E-state index < -0.39 is 173 Å².